The lowest BCUT2D eigenvalue weighted by atomic mass is 9.95. The van der Waals surface area contributed by atoms with Gasteiger partial charge in [0.1, 0.15) is 5.78 Å². The van der Waals surface area contributed by atoms with Gasteiger partial charge >= 0.3 is 0 Å². The molecule has 1 aliphatic rings. The van der Waals surface area contributed by atoms with E-state index in [2.05, 4.69) is 4.99 Å². The molecule has 0 aromatic rings. The number of carbonyl (C=O) groups is 1. The number of Topliss-reactive ketones (excluding diaryl/α,β-unsaturated/α-hetero) is 1. The van der Waals surface area contributed by atoms with Crippen molar-refractivity contribution in [3.05, 3.63) is 0 Å². The summed E-state index contributed by atoms with van der Waals surface area (Å²) in [6.45, 7) is 0. The molecule has 0 aromatic carbocycles. The average Bonchev–Trinajstić information content (AvgIpc) is 1.95. The van der Waals surface area contributed by atoms with Crippen molar-refractivity contribution in [2.45, 2.75) is 31.7 Å². The predicted octanol–water partition coefficient (Wildman–Crippen LogP) is 0.834. The second kappa shape index (κ2) is 3.28. The van der Waals surface area contributed by atoms with E-state index in [0.717, 1.165) is 12.8 Å². The number of ketones is 1. The van der Waals surface area contributed by atoms with E-state index in [1.807, 2.05) is 0 Å². The first-order chi connectivity index (χ1) is 4.83. The molecule has 0 saturated heterocycles. The maximum atomic E-state index is 10.7. The van der Waals surface area contributed by atoms with Gasteiger partial charge < -0.3 is 0 Å². The Balaban J connectivity index is 2.39. The first-order valence-corrected chi connectivity index (χ1v) is 3.41. The fourth-order valence-corrected chi connectivity index (χ4v) is 1.13. The molecule has 0 atom stereocenters. The SMILES string of the molecule is O=C=NC1CCC(=O)CC1. The van der Waals surface area contributed by atoms with E-state index in [1.54, 1.807) is 0 Å². The molecule has 1 rings (SSSR count). The molecule has 1 fully saturated rings. The largest absolute Gasteiger partial charge is 0.300 e. The smallest absolute Gasteiger partial charge is 0.235 e. The molecule has 0 spiro atoms. The first-order valence-electron chi connectivity index (χ1n) is 3.41. The Kier molecular flexibility index (Phi) is 2.35. The van der Waals surface area contributed by atoms with Crippen molar-refractivity contribution < 1.29 is 9.59 Å². The van der Waals surface area contributed by atoms with Crippen LogP contribution in [-0.2, 0) is 9.59 Å². The molecule has 1 saturated carbocycles. The number of rotatable bonds is 1. The zero-order valence-corrected chi connectivity index (χ0v) is 5.67. The fraction of sp³-hybridized carbons (Fsp3) is 0.714. The Morgan fingerprint density at radius 1 is 1.40 bits per heavy atom. The molecule has 54 valence electrons. The normalized spacial score (nSPS) is 20.2. The molecule has 0 heterocycles. The standard InChI is InChI=1S/C7H9NO2/c9-5-8-6-1-3-7(10)4-2-6/h6H,1-4H2. The van der Waals surface area contributed by atoms with Crippen LogP contribution < -0.4 is 0 Å². The second-order valence-electron chi connectivity index (χ2n) is 2.49. The monoisotopic (exact) mass is 139 g/mol. The van der Waals surface area contributed by atoms with Crippen LogP contribution in [0.5, 0.6) is 0 Å². The van der Waals surface area contributed by atoms with Crippen LogP contribution in [0.4, 0.5) is 0 Å². The van der Waals surface area contributed by atoms with Gasteiger partial charge in [-0.25, -0.2) is 9.79 Å². The van der Waals surface area contributed by atoms with Gasteiger partial charge in [-0.05, 0) is 12.8 Å². The van der Waals surface area contributed by atoms with Crippen molar-refractivity contribution in [2.24, 2.45) is 4.99 Å². The average molecular weight is 139 g/mol. The molecular weight excluding hydrogens is 130 g/mol. The van der Waals surface area contributed by atoms with Crippen LogP contribution in [0.3, 0.4) is 0 Å². The van der Waals surface area contributed by atoms with Gasteiger partial charge in [0.25, 0.3) is 0 Å². The van der Waals surface area contributed by atoms with Crippen molar-refractivity contribution in [3.63, 3.8) is 0 Å². The minimum atomic E-state index is 0.0650. The number of isocyanates is 1. The van der Waals surface area contributed by atoms with Crippen LogP contribution in [0.25, 0.3) is 0 Å². The molecule has 0 bridgehead atoms. The highest BCUT2D eigenvalue weighted by atomic mass is 16.1. The Labute approximate surface area is 59.1 Å². The molecule has 0 aromatic heterocycles. The third-order valence-corrected chi connectivity index (χ3v) is 1.75. The summed E-state index contributed by atoms with van der Waals surface area (Å²) in [5.41, 5.74) is 0. The maximum absolute atomic E-state index is 10.7. The Bertz CT molecular complexity index is 172. The molecule has 3 nitrogen and oxygen atoms in total. The molecule has 0 amide bonds. The van der Waals surface area contributed by atoms with Gasteiger partial charge in [-0.3, -0.25) is 4.79 Å². The second-order valence-corrected chi connectivity index (χ2v) is 2.49. The molecule has 1 aliphatic carbocycles. The molecule has 0 N–H and O–H groups in total. The van der Waals surface area contributed by atoms with Gasteiger partial charge in [-0.1, -0.05) is 0 Å². The minimum absolute atomic E-state index is 0.0650. The minimum Gasteiger partial charge on any atom is -0.300 e. The molecule has 10 heavy (non-hydrogen) atoms. The fourth-order valence-electron chi connectivity index (χ4n) is 1.13. The highest BCUT2D eigenvalue weighted by Gasteiger charge is 2.17. The van der Waals surface area contributed by atoms with Crippen LogP contribution in [0, 0.1) is 0 Å². The van der Waals surface area contributed by atoms with Crippen LogP contribution in [0.1, 0.15) is 25.7 Å². The van der Waals surface area contributed by atoms with Gasteiger partial charge in [-0.15, -0.1) is 0 Å². The van der Waals surface area contributed by atoms with Gasteiger partial charge in [0.2, 0.25) is 6.08 Å². The summed E-state index contributed by atoms with van der Waals surface area (Å²) in [4.78, 5) is 24.0. The van der Waals surface area contributed by atoms with Crippen LogP contribution in [0.15, 0.2) is 4.99 Å². The summed E-state index contributed by atoms with van der Waals surface area (Å²) in [5, 5.41) is 0. The Morgan fingerprint density at radius 3 is 2.50 bits per heavy atom. The summed E-state index contributed by atoms with van der Waals surface area (Å²) in [6.07, 6.45) is 4.13. The van der Waals surface area contributed by atoms with Crippen molar-refractivity contribution in [2.75, 3.05) is 0 Å². The van der Waals surface area contributed by atoms with Gasteiger partial charge in [0.05, 0.1) is 6.04 Å². The van der Waals surface area contributed by atoms with Gasteiger partial charge in [0, 0.05) is 12.8 Å². The Hall–Kier alpha value is -0.950. The molecule has 3 heteroatoms. The molecular formula is C7H9NO2. The first kappa shape index (κ1) is 7.16. The van der Waals surface area contributed by atoms with E-state index < -0.39 is 0 Å². The summed E-state index contributed by atoms with van der Waals surface area (Å²) in [6, 6.07) is 0.0650. The summed E-state index contributed by atoms with van der Waals surface area (Å²) in [7, 11) is 0. The highest BCUT2D eigenvalue weighted by Crippen LogP contribution is 2.16. The van der Waals surface area contributed by atoms with Gasteiger partial charge in [-0.2, -0.15) is 0 Å². The van der Waals surface area contributed by atoms with E-state index >= 15 is 0 Å². The third kappa shape index (κ3) is 1.78. The van der Waals surface area contributed by atoms with Crippen LogP contribution in [-0.4, -0.2) is 17.9 Å². The summed E-state index contributed by atoms with van der Waals surface area (Å²) in [5.74, 6) is 0.289. The molecule has 0 unspecified atom stereocenters. The van der Waals surface area contributed by atoms with E-state index in [-0.39, 0.29) is 11.8 Å². The van der Waals surface area contributed by atoms with E-state index in [0.29, 0.717) is 12.8 Å². The maximum Gasteiger partial charge on any atom is 0.235 e. The predicted molar refractivity (Wildman–Crippen MR) is 35.4 cm³/mol. The highest BCUT2D eigenvalue weighted by molar-refractivity contribution is 5.79. The summed E-state index contributed by atoms with van der Waals surface area (Å²) >= 11 is 0. The lowest BCUT2D eigenvalue weighted by molar-refractivity contribution is -0.120. The molecule has 0 radical (unpaired) electrons. The van der Waals surface area contributed by atoms with E-state index in [9.17, 15) is 9.59 Å². The van der Waals surface area contributed by atoms with Crippen LogP contribution in [0.2, 0.25) is 0 Å². The molecule has 0 aliphatic heterocycles. The van der Waals surface area contributed by atoms with Crippen molar-refractivity contribution in [3.8, 4) is 0 Å². The van der Waals surface area contributed by atoms with Gasteiger partial charge in [0.15, 0.2) is 0 Å². The number of hydrogen-bond acceptors (Lipinski definition) is 3. The Morgan fingerprint density at radius 2 is 2.00 bits per heavy atom. The van der Waals surface area contributed by atoms with Crippen LogP contribution >= 0.6 is 0 Å². The van der Waals surface area contributed by atoms with Crippen molar-refractivity contribution in [1.29, 1.82) is 0 Å². The topological polar surface area (TPSA) is 46.5 Å². The summed E-state index contributed by atoms with van der Waals surface area (Å²) < 4.78 is 0. The lowest BCUT2D eigenvalue weighted by Gasteiger charge is -2.14. The van der Waals surface area contributed by atoms with Crippen molar-refractivity contribution in [1.82, 2.24) is 0 Å². The zero-order valence-electron chi connectivity index (χ0n) is 5.67. The number of nitrogens with zero attached hydrogens (tertiary/aromatic N) is 1. The third-order valence-electron chi connectivity index (χ3n) is 1.75. The lowest BCUT2D eigenvalue weighted by Crippen LogP contribution is -2.16. The quantitative estimate of drug-likeness (QED) is 0.399. The van der Waals surface area contributed by atoms with Crippen molar-refractivity contribution >= 4 is 11.9 Å². The number of carbonyl (C=O) groups excluding carboxylic acids is 2. The zero-order chi connectivity index (χ0) is 7.40. The number of aliphatic imine (C=N–C) groups is 1. The number of hydrogen-bond donors (Lipinski definition) is 0. The van der Waals surface area contributed by atoms with E-state index in [1.165, 1.54) is 6.08 Å². The van der Waals surface area contributed by atoms with E-state index in [4.69, 9.17) is 0 Å².